The van der Waals surface area contributed by atoms with Crippen LogP contribution in [0.4, 0.5) is 0 Å². The van der Waals surface area contributed by atoms with Gasteiger partial charge >= 0.3 is 0 Å². The highest BCUT2D eigenvalue weighted by molar-refractivity contribution is 6.08. The highest BCUT2D eigenvalue weighted by Crippen LogP contribution is 2.32. The molecule has 7 rings (SSSR count). The van der Waals surface area contributed by atoms with Crippen molar-refractivity contribution in [1.29, 1.82) is 0 Å². The lowest BCUT2D eigenvalue weighted by Gasteiger charge is -2.09. The first-order valence-electron chi connectivity index (χ1n) is 12.3. The number of benzene rings is 5. The Bertz CT molecular complexity index is 1810. The fourth-order valence-corrected chi connectivity index (χ4v) is 4.81. The van der Waals surface area contributed by atoms with E-state index in [2.05, 4.69) is 71.7 Å². The molecule has 0 aliphatic heterocycles. The summed E-state index contributed by atoms with van der Waals surface area (Å²) in [5.74, 6) is 1.98. The number of aromatic amines is 1. The van der Waals surface area contributed by atoms with E-state index in [9.17, 15) is 0 Å². The van der Waals surface area contributed by atoms with E-state index in [1.165, 1.54) is 10.8 Å². The molecule has 0 saturated heterocycles. The zero-order valence-corrected chi connectivity index (χ0v) is 20.0. The van der Waals surface area contributed by atoms with Gasteiger partial charge in [0.15, 0.2) is 17.5 Å². The van der Waals surface area contributed by atoms with Crippen molar-refractivity contribution < 1.29 is 0 Å². The normalized spacial score (nSPS) is 11.2. The maximum absolute atomic E-state index is 4.88. The fourth-order valence-electron chi connectivity index (χ4n) is 4.81. The number of aromatic nitrogens is 4. The van der Waals surface area contributed by atoms with Crippen molar-refractivity contribution in [3.8, 4) is 45.3 Å². The molecule has 0 bridgehead atoms. The van der Waals surface area contributed by atoms with E-state index >= 15 is 0 Å². The van der Waals surface area contributed by atoms with Gasteiger partial charge in [0.1, 0.15) is 0 Å². The Kier molecular flexibility index (Phi) is 5.07. The molecule has 2 heterocycles. The summed E-state index contributed by atoms with van der Waals surface area (Å²) in [5.41, 5.74) is 7.40. The zero-order chi connectivity index (χ0) is 24.6. The van der Waals surface area contributed by atoms with Crippen LogP contribution < -0.4 is 0 Å². The van der Waals surface area contributed by atoms with Crippen molar-refractivity contribution >= 4 is 21.8 Å². The first kappa shape index (κ1) is 21.2. The lowest BCUT2D eigenvalue weighted by molar-refractivity contribution is 1.07. The van der Waals surface area contributed by atoms with Crippen molar-refractivity contribution in [3.63, 3.8) is 0 Å². The Hall–Kier alpha value is -5.09. The molecule has 0 aliphatic rings. The van der Waals surface area contributed by atoms with Crippen molar-refractivity contribution in [2.24, 2.45) is 0 Å². The number of H-pyrrole nitrogens is 1. The standard InChI is InChI=1S/C33H22N4/c1-3-10-22(11-4-1)31-35-32(23-12-5-2-6-13-23)37-33(36-31)26-15-9-14-24(20-26)25-18-19-28-27-16-7-8-17-29(27)34-30(28)21-25/h1-21,34H. The van der Waals surface area contributed by atoms with Crippen molar-refractivity contribution in [2.75, 3.05) is 0 Å². The van der Waals surface area contributed by atoms with E-state index in [-0.39, 0.29) is 0 Å². The van der Waals surface area contributed by atoms with Gasteiger partial charge in [-0.2, -0.15) is 0 Å². The van der Waals surface area contributed by atoms with Gasteiger partial charge in [-0.25, -0.2) is 15.0 Å². The van der Waals surface area contributed by atoms with Crippen LogP contribution in [0.15, 0.2) is 127 Å². The van der Waals surface area contributed by atoms with Crippen LogP contribution in [0, 0.1) is 0 Å². The molecule has 0 atom stereocenters. The summed E-state index contributed by atoms with van der Waals surface area (Å²) < 4.78 is 0. The van der Waals surface area contributed by atoms with Gasteiger partial charge in [-0.15, -0.1) is 0 Å². The molecule has 0 aliphatic carbocycles. The van der Waals surface area contributed by atoms with Crippen LogP contribution >= 0.6 is 0 Å². The Morgan fingerprint density at radius 2 is 0.865 bits per heavy atom. The van der Waals surface area contributed by atoms with Crippen LogP contribution in [0.3, 0.4) is 0 Å². The Morgan fingerprint density at radius 3 is 1.57 bits per heavy atom. The van der Waals surface area contributed by atoms with Gasteiger partial charge in [-0.1, -0.05) is 109 Å². The van der Waals surface area contributed by atoms with Crippen LogP contribution in [0.2, 0.25) is 0 Å². The number of rotatable bonds is 4. The average Bonchev–Trinajstić information content (AvgIpc) is 3.36. The van der Waals surface area contributed by atoms with Crippen LogP contribution in [0.1, 0.15) is 0 Å². The van der Waals surface area contributed by atoms with Gasteiger partial charge in [0.05, 0.1) is 0 Å². The summed E-state index contributed by atoms with van der Waals surface area (Å²) in [6.45, 7) is 0. The molecule has 1 N–H and O–H groups in total. The van der Waals surface area contributed by atoms with E-state index in [4.69, 9.17) is 15.0 Å². The topological polar surface area (TPSA) is 54.5 Å². The van der Waals surface area contributed by atoms with Crippen LogP contribution in [-0.2, 0) is 0 Å². The fraction of sp³-hybridized carbons (Fsp3) is 0. The van der Waals surface area contributed by atoms with E-state index in [1.807, 2.05) is 60.7 Å². The second-order valence-electron chi connectivity index (χ2n) is 9.05. The molecule has 4 nitrogen and oxygen atoms in total. The minimum atomic E-state index is 0.654. The maximum atomic E-state index is 4.88. The first-order valence-corrected chi connectivity index (χ1v) is 12.3. The average molecular weight is 475 g/mol. The largest absolute Gasteiger partial charge is 0.354 e. The number of para-hydroxylation sites is 1. The predicted molar refractivity (Wildman–Crippen MR) is 151 cm³/mol. The Morgan fingerprint density at radius 1 is 0.351 bits per heavy atom. The highest BCUT2D eigenvalue weighted by atomic mass is 15.0. The first-order chi connectivity index (χ1) is 18.3. The molecule has 0 radical (unpaired) electrons. The molecule has 7 aromatic rings. The number of hydrogen-bond acceptors (Lipinski definition) is 3. The van der Waals surface area contributed by atoms with Crippen LogP contribution in [0.5, 0.6) is 0 Å². The molecule has 0 fully saturated rings. The molecule has 174 valence electrons. The smallest absolute Gasteiger partial charge is 0.164 e. The third kappa shape index (κ3) is 3.95. The van der Waals surface area contributed by atoms with Gasteiger partial charge < -0.3 is 4.98 Å². The van der Waals surface area contributed by atoms with Gasteiger partial charge in [0, 0.05) is 38.5 Å². The monoisotopic (exact) mass is 474 g/mol. The number of nitrogens with one attached hydrogen (secondary N) is 1. The van der Waals surface area contributed by atoms with E-state index in [0.717, 1.165) is 38.9 Å². The minimum absolute atomic E-state index is 0.654. The predicted octanol–water partition coefficient (Wildman–Crippen LogP) is 8.17. The van der Waals surface area contributed by atoms with E-state index < -0.39 is 0 Å². The summed E-state index contributed by atoms with van der Waals surface area (Å²) in [5, 5.41) is 2.47. The maximum Gasteiger partial charge on any atom is 0.164 e. The quantitative estimate of drug-likeness (QED) is 0.280. The van der Waals surface area contributed by atoms with Gasteiger partial charge in [0.2, 0.25) is 0 Å². The molecule has 37 heavy (non-hydrogen) atoms. The molecular formula is C33H22N4. The minimum Gasteiger partial charge on any atom is -0.354 e. The summed E-state index contributed by atoms with van der Waals surface area (Å²) in [6, 6.07) is 43.5. The number of nitrogens with zero attached hydrogens (tertiary/aromatic N) is 3. The molecular weight excluding hydrogens is 452 g/mol. The molecule has 4 heteroatoms. The lowest BCUT2D eigenvalue weighted by Crippen LogP contribution is -2.00. The second kappa shape index (κ2) is 8.85. The SMILES string of the molecule is c1ccc(-c2nc(-c3ccccc3)nc(-c3cccc(-c4ccc5c(c4)[nH]c4ccccc45)c3)n2)cc1. The van der Waals surface area contributed by atoms with Crippen LogP contribution in [0.25, 0.3) is 67.1 Å². The second-order valence-corrected chi connectivity index (χ2v) is 9.05. The molecule has 2 aromatic heterocycles. The number of hydrogen-bond donors (Lipinski definition) is 1. The summed E-state index contributed by atoms with van der Waals surface area (Å²) in [7, 11) is 0. The third-order valence-corrected chi connectivity index (χ3v) is 6.66. The Labute approximate surface area is 214 Å². The summed E-state index contributed by atoms with van der Waals surface area (Å²) in [6.07, 6.45) is 0. The van der Waals surface area contributed by atoms with Crippen molar-refractivity contribution in [2.45, 2.75) is 0 Å². The van der Waals surface area contributed by atoms with E-state index in [1.54, 1.807) is 0 Å². The van der Waals surface area contributed by atoms with Crippen molar-refractivity contribution in [1.82, 2.24) is 19.9 Å². The third-order valence-electron chi connectivity index (χ3n) is 6.66. The van der Waals surface area contributed by atoms with Gasteiger partial charge in [-0.05, 0) is 29.3 Å². The number of fused-ring (bicyclic) bond motifs is 3. The van der Waals surface area contributed by atoms with Gasteiger partial charge in [0.25, 0.3) is 0 Å². The summed E-state index contributed by atoms with van der Waals surface area (Å²) >= 11 is 0. The lowest BCUT2D eigenvalue weighted by atomic mass is 10.0. The molecule has 0 amide bonds. The molecule has 0 saturated carbocycles. The van der Waals surface area contributed by atoms with Crippen LogP contribution in [-0.4, -0.2) is 19.9 Å². The highest BCUT2D eigenvalue weighted by Gasteiger charge is 2.13. The van der Waals surface area contributed by atoms with E-state index in [0.29, 0.717) is 17.5 Å². The zero-order valence-electron chi connectivity index (χ0n) is 20.0. The molecule has 5 aromatic carbocycles. The Balaban J connectivity index is 1.35. The molecule has 0 spiro atoms. The van der Waals surface area contributed by atoms with Gasteiger partial charge in [-0.3, -0.25) is 0 Å². The van der Waals surface area contributed by atoms with Crippen molar-refractivity contribution in [3.05, 3.63) is 127 Å². The summed E-state index contributed by atoms with van der Waals surface area (Å²) in [4.78, 5) is 18.1. The molecule has 0 unspecified atom stereocenters.